The predicted molar refractivity (Wildman–Crippen MR) is 95.6 cm³/mol. The van der Waals surface area contributed by atoms with E-state index < -0.39 is 6.10 Å². The van der Waals surface area contributed by atoms with Crippen molar-refractivity contribution in [2.45, 2.75) is 19.6 Å². The molecule has 0 fully saturated rings. The van der Waals surface area contributed by atoms with Crippen LogP contribution < -0.4 is 10.1 Å². The molecule has 0 spiro atoms. The second-order valence-electron chi connectivity index (χ2n) is 5.54. The first-order valence-corrected chi connectivity index (χ1v) is 8.08. The Labute approximate surface area is 151 Å². The van der Waals surface area contributed by atoms with Gasteiger partial charge in [0.1, 0.15) is 17.5 Å². The summed E-state index contributed by atoms with van der Waals surface area (Å²) in [6.07, 6.45) is 2.45. The zero-order chi connectivity index (χ0) is 18.4. The van der Waals surface area contributed by atoms with Crippen molar-refractivity contribution >= 4 is 11.9 Å². The van der Waals surface area contributed by atoms with Crippen LogP contribution in [0.4, 0.5) is 5.95 Å². The molecule has 3 rings (SSSR count). The molecule has 1 amide bonds. The van der Waals surface area contributed by atoms with Crippen molar-refractivity contribution in [2.75, 3.05) is 12.4 Å². The number of furan rings is 1. The number of carbonyl (C=O) groups excluding carboxylic acids is 1. The predicted octanol–water partition coefficient (Wildman–Crippen LogP) is 3.29. The average molecular weight is 353 g/mol. The molecule has 26 heavy (non-hydrogen) atoms. The number of rotatable bonds is 7. The summed E-state index contributed by atoms with van der Waals surface area (Å²) in [4.78, 5) is 20.6. The van der Waals surface area contributed by atoms with Gasteiger partial charge in [-0.1, -0.05) is 12.1 Å². The molecule has 2 aromatic heterocycles. The lowest BCUT2D eigenvalue weighted by Crippen LogP contribution is -2.28. The number of nitrogens with one attached hydrogen (secondary N) is 1. The Morgan fingerprint density at radius 3 is 2.92 bits per heavy atom. The molecular formula is C19H19N3O4. The molecule has 0 radical (unpaired) electrons. The van der Waals surface area contributed by atoms with E-state index in [9.17, 15) is 4.79 Å². The largest absolute Gasteiger partial charge is 0.497 e. The van der Waals surface area contributed by atoms with Crippen LogP contribution in [0, 0.1) is 0 Å². The van der Waals surface area contributed by atoms with Crippen molar-refractivity contribution in [1.82, 2.24) is 9.97 Å². The minimum atomic E-state index is -0.669. The number of hydrogen-bond donors (Lipinski definition) is 1. The van der Waals surface area contributed by atoms with Gasteiger partial charge in [0.2, 0.25) is 5.95 Å². The molecular weight excluding hydrogens is 334 g/mol. The van der Waals surface area contributed by atoms with Gasteiger partial charge in [0, 0.05) is 6.20 Å². The van der Waals surface area contributed by atoms with Crippen molar-refractivity contribution in [2.24, 2.45) is 0 Å². The Morgan fingerprint density at radius 1 is 1.27 bits per heavy atom. The van der Waals surface area contributed by atoms with E-state index in [4.69, 9.17) is 13.9 Å². The molecule has 3 aromatic rings. The highest BCUT2D eigenvalue weighted by Crippen LogP contribution is 2.18. The lowest BCUT2D eigenvalue weighted by Gasteiger charge is -2.13. The van der Waals surface area contributed by atoms with E-state index in [0.717, 1.165) is 11.3 Å². The summed E-state index contributed by atoms with van der Waals surface area (Å²) in [6, 6.07) is 12.7. The molecule has 7 heteroatoms. The highest BCUT2D eigenvalue weighted by atomic mass is 16.5. The molecule has 0 saturated heterocycles. The van der Waals surface area contributed by atoms with E-state index in [1.54, 1.807) is 44.7 Å². The van der Waals surface area contributed by atoms with Crippen molar-refractivity contribution in [3.63, 3.8) is 0 Å². The summed E-state index contributed by atoms with van der Waals surface area (Å²) in [6.45, 7) is 1.96. The Morgan fingerprint density at radius 2 is 2.15 bits per heavy atom. The van der Waals surface area contributed by atoms with Gasteiger partial charge in [-0.05, 0) is 42.8 Å². The highest BCUT2D eigenvalue weighted by molar-refractivity contribution is 5.92. The number of amides is 1. The molecule has 0 aliphatic heterocycles. The molecule has 0 saturated carbocycles. The lowest BCUT2D eigenvalue weighted by atomic mass is 10.2. The molecule has 1 atom stereocenters. The fraction of sp³-hybridized carbons (Fsp3) is 0.211. The average Bonchev–Trinajstić information content (AvgIpc) is 3.21. The number of benzene rings is 1. The Hall–Kier alpha value is -3.19. The molecule has 2 heterocycles. The van der Waals surface area contributed by atoms with Crippen LogP contribution in [0.1, 0.15) is 12.5 Å². The minimum absolute atomic E-state index is 0.195. The SMILES string of the molecule is COc1cccc(CO[C@@H](C)C(=O)Nc2nccc(-c3ccco3)n2)c1. The number of ether oxygens (including phenoxy) is 2. The van der Waals surface area contributed by atoms with E-state index in [1.807, 2.05) is 24.3 Å². The minimum Gasteiger partial charge on any atom is -0.497 e. The molecule has 0 aliphatic rings. The Balaban J connectivity index is 1.58. The van der Waals surface area contributed by atoms with Crippen LogP contribution in [-0.4, -0.2) is 29.1 Å². The maximum atomic E-state index is 12.3. The van der Waals surface area contributed by atoms with Crippen LogP contribution in [0.3, 0.4) is 0 Å². The van der Waals surface area contributed by atoms with Crippen molar-refractivity contribution in [3.05, 3.63) is 60.5 Å². The third kappa shape index (κ3) is 4.46. The summed E-state index contributed by atoms with van der Waals surface area (Å²) >= 11 is 0. The van der Waals surface area contributed by atoms with Gasteiger partial charge < -0.3 is 13.9 Å². The van der Waals surface area contributed by atoms with Gasteiger partial charge in [-0.3, -0.25) is 10.1 Å². The Bertz CT molecular complexity index is 865. The smallest absolute Gasteiger partial charge is 0.255 e. The number of methoxy groups -OCH3 is 1. The summed E-state index contributed by atoms with van der Waals surface area (Å²) in [5.41, 5.74) is 1.50. The van der Waals surface area contributed by atoms with E-state index in [1.165, 1.54) is 0 Å². The lowest BCUT2D eigenvalue weighted by molar-refractivity contribution is -0.127. The van der Waals surface area contributed by atoms with Gasteiger partial charge in [-0.15, -0.1) is 0 Å². The zero-order valence-electron chi connectivity index (χ0n) is 14.5. The second kappa shape index (κ2) is 8.26. The normalized spacial score (nSPS) is 11.8. The fourth-order valence-corrected chi connectivity index (χ4v) is 2.25. The fourth-order valence-electron chi connectivity index (χ4n) is 2.25. The maximum absolute atomic E-state index is 12.3. The Kier molecular flexibility index (Phi) is 5.60. The topological polar surface area (TPSA) is 86.5 Å². The van der Waals surface area contributed by atoms with Crippen LogP contribution in [0.15, 0.2) is 59.3 Å². The van der Waals surface area contributed by atoms with Gasteiger partial charge in [-0.25, -0.2) is 9.97 Å². The van der Waals surface area contributed by atoms with Gasteiger partial charge in [0.25, 0.3) is 5.91 Å². The quantitative estimate of drug-likeness (QED) is 0.701. The standard InChI is InChI=1S/C19H19N3O4/c1-13(26-12-14-5-3-6-15(11-14)24-2)18(23)22-19-20-9-8-16(21-19)17-7-4-10-25-17/h3-11,13H,12H2,1-2H3,(H,20,21,22,23)/t13-/m0/s1. The number of nitrogens with zero attached hydrogens (tertiary/aromatic N) is 2. The van der Waals surface area contributed by atoms with Gasteiger partial charge in [0.15, 0.2) is 5.76 Å². The first kappa shape index (κ1) is 17.6. The number of carbonyl (C=O) groups is 1. The van der Waals surface area contributed by atoms with E-state index in [0.29, 0.717) is 18.1 Å². The molecule has 1 N–H and O–H groups in total. The molecule has 1 aromatic carbocycles. The van der Waals surface area contributed by atoms with E-state index >= 15 is 0 Å². The first-order chi connectivity index (χ1) is 12.7. The second-order valence-corrected chi connectivity index (χ2v) is 5.54. The summed E-state index contributed by atoms with van der Waals surface area (Å²) in [5, 5.41) is 2.65. The molecule has 0 unspecified atom stereocenters. The molecule has 0 aliphatic carbocycles. The zero-order valence-corrected chi connectivity index (χ0v) is 14.5. The van der Waals surface area contributed by atoms with E-state index in [2.05, 4.69) is 15.3 Å². The molecule has 134 valence electrons. The van der Waals surface area contributed by atoms with Crippen LogP contribution in [0.5, 0.6) is 5.75 Å². The van der Waals surface area contributed by atoms with Gasteiger partial charge in [0.05, 0.1) is 20.0 Å². The van der Waals surface area contributed by atoms with E-state index in [-0.39, 0.29) is 11.9 Å². The molecule has 0 bridgehead atoms. The number of anilines is 1. The van der Waals surface area contributed by atoms with Crippen molar-refractivity contribution in [3.8, 4) is 17.2 Å². The summed E-state index contributed by atoms with van der Waals surface area (Å²) < 4.78 is 16.1. The third-order valence-corrected chi connectivity index (χ3v) is 3.67. The van der Waals surface area contributed by atoms with Gasteiger partial charge in [-0.2, -0.15) is 0 Å². The van der Waals surface area contributed by atoms with Crippen molar-refractivity contribution < 1.29 is 18.7 Å². The third-order valence-electron chi connectivity index (χ3n) is 3.67. The summed E-state index contributed by atoms with van der Waals surface area (Å²) in [5.74, 6) is 1.21. The first-order valence-electron chi connectivity index (χ1n) is 8.08. The maximum Gasteiger partial charge on any atom is 0.255 e. The van der Waals surface area contributed by atoms with Crippen LogP contribution >= 0.6 is 0 Å². The molecule has 7 nitrogen and oxygen atoms in total. The van der Waals surface area contributed by atoms with Crippen LogP contribution in [0.25, 0.3) is 11.5 Å². The van der Waals surface area contributed by atoms with Crippen LogP contribution in [0.2, 0.25) is 0 Å². The summed E-state index contributed by atoms with van der Waals surface area (Å²) in [7, 11) is 1.60. The van der Waals surface area contributed by atoms with Crippen molar-refractivity contribution in [1.29, 1.82) is 0 Å². The highest BCUT2D eigenvalue weighted by Gasteiger charge is 2.15. The monoisotopic (exact) mass is 353 g/mol. The number of aromatic nitrogens is 2. The van der Waals surface area contributed by atoms with Crippen LogP contribution in [-0.2, 0) is 16.1 Å². The number of hydrogen-bond acceptors (Lipinski definition) is 6. The van der Waals surface area contributed by atoms with Gasteiger partial charge >= 0.3 is 0 Å².